The van der Waals surface area contributed by atoms with Crippen LogP contribution in [0.25, 0.3) is 0 Å². The Morgan fingerprint density at radius 1 is 1.50 bits per heavy atom. The molecule has 0 spiro atoms. The van der Waals surface area contributed by atoms with Crippen molar-refractivity contribution in [3.05, 3.63) is 12.7 Å². The van der Waals surface area contributed by atoms with Crippen LogP contribution >= 0.6 is 0 Å². The van der Waals surface area contributed by atoms with Gasteiger partial charge in [0.15, 0.2) is 5.79 Å². The van der Waals surface area contributed by atoms with Gasteiger partial charge in [0.2, 0.25) is 0 Å². The maximum absolute atomic E-state index is 11.2. The second kappa shape index (κ2) is 5.46. The van der Waals surface area contributed by atoms with Crippen molar-refractivity contribution in [2.45, 2.75) is 51.6 Å². The predicted molar refractivity (Wildman–Crippen MR) is 59.9 cm³/mol. The van der Waals surface area contributed by atoms with Gasteiger partial charge in [-0.3, -0.25) is 4.79 Å². The highest BCUT2D eigenvalue weighted by atomic mass is 16.7. The first-order valence-corrected chi connectivity index (χ1v) is 5.62. The molecule has 0 amide bonds. The van der Waals surface area contributed by atoms with Crippen molar-refractivity contribution < 1.29 is 19.0 Å². The molecule has 4 nitrogen and oxygen atoms in total. The molecule has 1 aliphatic rings. The number of carbonyl (C=O) groups excluding carboxylic acids is 1. The second-order valence-electron chi connectivity index (χ2n) is 4.22. The fourth-order valence-electron chi connectivity index (χ4n) is 1.78. The highest BCUT2D eigenvalue weighted by molar-refractivity contribution is 5.69. The molecule has 0 unspecified atom stereocenters. The van der Waals surface area contributed by atoms with E-state index in [4.69, 9.17) is 14.2 Å². The molecule has 1 aliphatic heterocycles. The Labute approximate surface area is 96.6 Å². The van der Waals surface area contributed by atoms with Gasteiger partial charge in [0.1, 0.15) is 6.10 Å². The molecule has 92 valence electrons. The van der Waals surface area contributed by atoms with Gasteiger partial charge in [-0.2, -0.15) is 0 Å². The lowest BCUT2D eigenvalue weighted by molar-refractivity contribution is -0.149. The van der Waals surface area contributed by atoms with Gasteiger partial charge in [-0.25, -0.2) is 0 Å². The van der Waals surface area contributed by atoms with Crippen molar-refractivity contribution >= 4 is 5.97 Å². The first-order valence-electron chi connectivity index (χ1n) is 5.62. The molecule has 0 aromatic carbocycles. The molecule has 0 aliphatic carbocycles. The van der Waals surface area contributed by atoms with Gasteiger partial charge in [0, 0.05) is 6.42 Å². The summed E-state index contributed by atoms with van der Waals surface area (Å²) in [4.78, 5) is 11.2. The van der Waals surface area contributed by atoms with E-state index in [9.17, 15) is 4.79 Å². The lowest BCUT2D eigenvalue weighted by Gasteiger charge is -2.16. The molecule has 1 fully saturated rings. The van der Waals surface area contributed by atoms with Gasteiger partial charge in [-0.15, -0.1) is 6.58 Å². The molecule has 0 radical (unpaired) electrons. The van der Waals surface area contributed by atoms with E-state index in [-0.39, 0.29) is 18.2 Å². The van der Waals surface area contributed by atoms with Crippen molar-refractivity contribution in [2.75, 3.05) is 6.61 Å². The van der Waals surface area contributed by atoms with Gasteiger partial charge in [-0.1, -0.05) is 6.08 Å². The summed E-state index contributed by atoms with van der Waals surface area (Å²) in [6, 6.07) is 0. The van der Waals surface area contributed by atoms with Crippen molar-refractivity contribution in [1.29, 1.82) is 0 Å². The van der Waals surface area contributed by atoms with E-state index in [1.165, 1.54) is 0 Å². The highest BCUT2D eigenvalue weighted by Gasteiger charge is 2.39. The number of rotatable bonds is 5. The van der Waals surface area contributed by atoms with Crippen molar-refractivity contribution in [3.63, 3.8) is 0 Å². The molecule has 16 heavy (non-hydrogen) atoms. The third-order valence-electron chi connectivity index (χ3n) is 2.39. The van der Waals surface area contributed by atoms with E-state index >= 15 is 0 Å². The number of carbonyl (C=O) groups is 1. The quantitative estimate of drug-likeness (QED) is 0.533. The van der Waals surface area contributed by atoms with E-state index in [0.29, 0.717) is 19.4 Å². The predicted octanol–water partition coefficient (Wildman–Crippen LogP) is 2.04. The third kappa shape index (κ3) is 3.61. The molecule has 1 saturated heterocycles. The van der Waals surface area contributed by atoms with Crippen LogP contribution in [0.1, 0.15) is 33.6 Å². The van der Waals surface area contributed by atoms with Gasteiger partial charge >= 0.3 is 5.97 Å². The molecular formula is C12H20O4. The third-order valence-corrected chi connectivity index (χ3v) is 2.39. The second-order valence-corrected chi connectivity index (χ2v) is 4.22. The summed E-state index contributed by atoms with van der Waals surface area (Å²) in [7, 11) is 0. The molecule has 4 heteroatoms. The first kappa shape index (κ1) is 13.2. The highest BCUT2D eigenvalue weighted by Crippen LogP contribution is 2.30. The molecule has 0 bridgehead atoms. The zero-order valence-electron chi connectivity index (χ0n) is 10.2. The van der Waals surface area contributed by atoms with E-state index in [1.54, 1.807) is 13.0 Å². The summed E-state index contributed by atoms with van der Waals surface area (Å²) in [6.07, 6.45) is 2.40. The Morgan fingerprint density at radius 3 is 2.75 bits per heavy atom. The summed E-state index contributed by atoms with van der Waals surface area (Å²) in [5.41, 5.74) is 0. The van der Waals surface area contributed by atoms with Crippen LogP contribution in [0.3, 0.4) is 0 Å². The van der Waals surface area contributed by atoms with Gasteiger partial charge in [0.05, 0.1) is 12.7 Å². The monoisotopic (exact) mass is 228 g/mol. The fraction of sp³-hybridized carbons (Fsp3) is 0.750. The summed E-state index contributed by atoms with van der Waals surface area (Å²) >= 11 is 0. The number of ether oxygens (including phenoxy) is 3. The fourth-order valence-corrected chi connectivity index (χ4v) is 1.78. The maximum atomic E-state index is 11.2. The smallest absolute Gasteiger partial charge is 0.305 e. The van der Waals surface area contributed by atoms with Crippen molar-refractivity contribution in [1.82, 2.24) is 0 Å². The Bertz CT molecular complexity index is 260. The Kier molecular flexibility index (Phi) is 4.50. The molecule has 0 saturated carbocycles. The van der Waals surface area contributed by atoms with Crippen molar-refractivity contribution in [3.8, 4) is 0 Å². The number of hydrogen-bond donors (Lipinski definition) is 0. The van der Waals surface area contributed by atoms with Crippen molar-refractivity contribution in [2.24, 2.45) is 0 Å². The Hall–Kier alpha value is -0.870. The van der Waals surface area contributed by atoms with Crippen LogP contribution in [0.5, 0.6) is 0 Å². The van der Waals surface area contributed by atoms with E-state index in [2.05, 4.69) is 6.58 Å². The van der Waals surface area contributed by atoms with Crippen LogP contribution in [0.15, 0.2) is 12.7 Å². The van der Waals surface area contributed by atoms with Gasteiger partial charge in [-0.05, 0) is 27.2 Å². The number of esters is 1. The lowest BCUT2D eigenvalue weighted by Crippen LogP contribution is -2.22. The topological polar surface area (TPSA) is 44.8 Å². The van der Waals surface area contributed by atoms with Gasteiger partial charge < -0.3 is 14.2 Å². The Balaban J connectivity index is 2.41. The normalized spacial score (nSPS) is 27.7. The zero-order valence-corrected chi connectivity index (χ0v) is 10.2. The minimum Gasteiger partial charge on any atom is -0.466 e. The molecule has 0 aromatic rings. The minimum atomic E-state index is -0.599. The first-order chi connectivity index (χ1) is 7.48. The standard InChI is InChI=1S/C12H20O4/c1-5-9-10(16-12(3,4)15-9)7-8-11(13)14-6-2/h5,9-10H,1,6-8H2,2-4H3/t9-,10-/m0/s1. The van der Waals surface area contributed by atoms with Crippen LogP contribution in [-0.2, 0) is 19.0 Å². The molecule has 0 N–H and O–H groups in total. The maximum Gasteiger partial charge on any atom is 0.305 e. The van der Waals surface area contributed by atoms with E-state index in [0.717, 1.165) is 0 Å². The SMILES string of the molecule is C=C[C@@H]1OC(C)(C)O[C@H]1CCC(=O)OCC. The minimum absolute atomic E-state index is 0.114. The summed E-state index contributed by atoms with van der Waals surface area (Å²) in [5.74, 6) is -0.795. The zero-order chi connectivity index (χ0) is 12.2. The molecular weight excluding hydrogens is 208 g/mol. The summed E-state index contributed by atoms with van der Waals surface area (Å²) < 4.78 is 16.2. The van der Waals surface area contributed by atoms with Crippen LogP contribution in [0, 0.1) is 0 Å². The number of hydrogen-bond acceptors (Lipinski definition) is 4. The molecule has 1 rings (SSSR count). The average molecular weight is 228 g/mol. The molecule has 2 atom stereocenters. The van der Waals surface area contributed by atoms with E-state index in [1.807, 2.05) is 13.8 Å². The van der Waals surface area contributed by atoms with Crippen LogP contribution in [0.2, 0.25) is 0 Å². The molecule has 0 aromatic heterocycles. The van der Waals surface area contributed by atoms with E-state index < -0.39 is 5.79 Å². The van der Waals surface area contributed by atoms with Gasteiger partial charge in [0.25, 0.3) is 0 Å². The lowest BCUT2D eigenvalue weighted by atomic mass is 10.1. The van der Waals surface area contributed by atoms with Crippen LogP contribution in [-0.4, -0.2) is 30.6 Å². The average Bonchev–Trinajstić information content (AvgIpc) is 2.51. The molecule has 1 heterocycles. The Morgan fingerprint density at radius 2 is 2.19 bits per heavy atom. The van der Waals surface area contributed by atoms with Crippen LogP contribution < -0.4 is 0 Å². The summed E-state index contributed by atoms with van der Waals surface area (Å²) in [6.45, 7) is 9.62. The largest absolute Gasteiger partial charge is 0.466 e. The summed E-state index contributed by atoms with van der Waals surface area (Å²) in [5, 5.41) is 0. The van der Waals surface area contributed by atoms with Crippen LogP contribution in [0.4, 0.5) is 0 Å².